The molecule has 5 saturated carbocycles. The van der Waals surface area contributed by atoms with Crippen LogP contribution in [0.15, 0.2) is 0 Å². The third-order valence-electron chi connectivity index (χ3n) is 15.0. The van der Waals surface area contributed by atoms with E-state index in [-0.39, 0.29) is 51.9 Å². The van der Waals surface area contributed by atoms with Gasteiger partial charge in [0, 0.05) is 6.42 Å². The highest BCUT2D eigenvalue weighted by molar-refractivity contribution is 5.80. The molecule has 6 heteroatoms. The second-order valence-corrected chi connectivity index (χ2v) is 17.3. The number of carbonyl (C=O) groups is 2. The van der Waals surface area contributed by atoms with Gasteiger partial charge in [-0.3, -0.25) is 9.59 Å². The van der Waals surface area contributed by atoms with Gasteiger partial charge in [-0.05, 0) is 114 Å². The lowest BCUT2D eigenvalue weighted by molar-refractivity contribution is -0.255. The number of amides is 1. The Morgan fingerprint density at radius 1 is 0.850 bits per heavy atom. The van der Waals surface area contributed by atoms with E-state index in [1.807, 2.05) is 0 Å². The van der Waals surface area contributed by atoms with Gasteiger partial charge in [-0.1, -0.05) is 48.5 Å². The maximum atomic E-state index is 12.8. The quantitative estimate of drug-likeness (QED) is 0.383. The number of ether oxygens (including phenoxy) is 1. The molecule has 0 aromatic carbocycles. The molecule has 11 atom stereocenters. The molecule has 226 valence electrons. The lowest BCUT2D eigenvalue weighted by Gasteiger charge is -2.73. The molecule has 2 bridgehead atoms. The molecule has 1 aliphatic heterocycles. The van der Waals surface area contributed by atoms with Crippen LogP contribution in [0.3, 0.4) is 0 Å². The molecule has 0 unspecified atom stereocenters. The van der Waals surface area contributed by atoms with Gasteiger partial charge in [-0.25, -0.2) is 0 Å². The van der Waals surface area contributed by atoms with Crippen LogP contribution in [0.25, 0.3) is 0 Å². The standard InChI is InChI=1S/C34H55NO5/c1-29(2)14-16-34-17-15-32(6)20(26(34)28(29)40-19-34)8-9-23-31(5)18-21(35-24(36)10-11-25(37)38)27(39)30(3,4)22(31)12-13-33(23,32)7/h20-23,26-28,39H,8-19H2,1-7H3,(H,35,36)(H,37,38)/t20-,21-,22+,23-,26+,27+,28-,31+,32-,33-,34-/m1/s1. The molecule has 1 heterocycles. The summed E-state index contributed by atoms with van der Waals surface area (Å²) < 4.78 is 6.72. The van der Waals surface area contributed by atoms with Crippen LogP contribution in [0.4, 0.5) is 0 Å². The third-order valence-corrected chi connectivity index (χ3v) is 15.0. The maximum absolute atomic E-state index is 12.8. The molecule has 6 nitrogen and oxygen atoms in total. The van der Waals surface area contributed by atoms with Crippen molar-refractivity contribution in [3.05, 3.63) is 0 Å². The lowest BCUT2D eigenvalue weighted by atomic mass is 9.31. The van der Waals surface area contributed by atoms with Gasteiger partial charge >= 0.3 is 5.97 Å². The summed E-state index contributed by atoms with van der Waals surface area (Å²) in [6.07, 6.45) is 10.3. The summed E-state index contributed by atoms with van der Waals surface area (Å²) in [7, 11) is 0. The summed E-state index contributed by atoms with van der Waals surface area (Å²) in [5.74, 6) is 1.08. The summed E-state index contributed by atoms with van der Waals surface area (Å²) in [6, 6.07) is -0.344. The van der Waals surface area contributed by atoms with Crippen molar-refractivity contribution >= 4 is 11.9 Å². The Labute approximate surface area is 241 Å². The highest BCUT2D eigenvalue weighted by Crippen LogP contribution is 2.78. The summed E-state index contributed by atoms with van der Waals surface area (Å²) in [5, 5.41) is 23.8. The molecular weight excluding hydrogens is 502 g/mol. The first kappa shape index (κ1) is 29.0. The van der Waals surface area contributed by atoms with Gasteiger partial charge in [0.05, 0.1) is 31.3 Å². The Morgan fingerprint density at radius 2 is 1.55 bits per heavy atom. The van der Waals surface area contributed by atoms with E-state index in [0.717, 1.165) is 19.4 Å². The summed E-state index contributed by atoms with van der Waals surface area (Å²) >= 11 is 0. The van der Waals surface area contributed by atoms with Crippen LogP contribution in [-0.4, -0.2) is 46.9 Å². The number of aliphatic hydroxyl groups excluding tert-OH is 1. The van der Waals surface area contributed by atoms with E-state index in [4.69, 9.17) is 9.84 Å². The van der Waals surface area contributed by atoms with Crippen molar-refractivity contribution in [1.29, 1.82) is 0 Å². The van der Waals surface area contributed by atoms with Gasteiger partial charge < -0.3 is 20.3 Å². The molecule has 6 aliphatic rings. The molecule has 1 amide bonds. The fourth-order valence-electron chi connectivity index (χ4n) is 12.8. The second kappa shape index (κ2) is 8.94. The minimum Gasteiger partial charge on any atom is -0.481 e. The first-order valence-electron chi connectivity index (χ1n) is 16.3. The molecule has 40 heavy (non-hydrogen) atoms. The SMILES string of the molecule is CC1(C)CC[C@]23CC[C@]4(C)[C@H](CC[C@@H]5[C@@]6(C)C[C@@H](NC(=O)CCC(=O)O)[C@H](O)C(C)(C)[C@@H]6CC[C@]54C)[C@H]2[C@H]1OC3. The average Bonchev–Trinajstić information content (AvgIpc) is 3.20. The molecule has 6 fully saturated rings. The van der Waals surface area contributed by atoms with Crippen molar-refractivity contribution in [2.45, 2.75) is 137 Å². The zero-order valence-electron chi connectivity index (χ0n) is 26.1. The van der Waals surface area contributed by atoms with E-state index < -0.39 is 12.1 Å². The first-order valence-corrected chi connectivity index (χ1v) is 16.3. The molecule has 1 saturated heterocycles. The zero-order valence-corrected chi connectivity index (χ0v) is 26.1. The van der Waals surface area contributed by atoms with Crippen molar-refractivity contribution in [3.63, 3.8) is 0 Å². The number of nitrogens with one attached hydrogen (secondary N) is 1. The van der Waals surface area contributed by atoms with Crippen LogP contribution in [0, 0.1) is 56.2 Å². The normalized spacial score (nSPS) is 52.0. The number of carboxylic acid groups (broad SMARTS) is 1. The summed E-state index contributed by atoms with van der Waals surface area (Å²) in [5.41, 5.74) is 0.785. The van der Waals surface area contributed by atoms with E-state index in [1.54, 1.807) is 0 Å². The number of carbonyl (C=O) groups excluding carboxylic acids is 1. The Hall–Kier alpha value is -1.14. The van der Waals surface area contributed by atoms with Crippen LogP contribution in [-0.2, 0) is 14.3 Å². The number of rotatable bonds is 4. The Kier molecular flexibility index (Phi) is 6.47. The number of hydrogen-bond donors (Lipinski definition) is 3. The lowest BCUT2D eigenvalue weighted by Crippen LogP contribution is -2.70. The molecule has 5 aliphatic carbocycles. The Bertz CT molecular complexity index is 1070. The summed E-state index contributed by atoms with van der Waals surface area (Å²) in [4.78, 5) is 23.8. The summed E-state index contributed by atoms with van der Waals surface area (Å²) in [6.45, 7) is 18.0. The van der Waals surface area contributed by atoms with Crippen molar-refractivity contribution in [2.75, 3.05) is 6.61 Å². The molecule has 0 aromatic heterocycles. The van der Waals surface area contributed by atoms with Crippen molar-refractivity contribution in [3.8, 4) is 0 Å². The topological polar surface area (TPSA) is 95.9 Å². The molecule has 0 radical (unpaired) electrons. The largest absolute Gasteiger partial charge is 0.481 e. The second-order valence-electron chi connectivity index (χ2n) is 17.3. The van der Waals surface area contributed by atoms with Crippen LogP contribution in [0.1, 0.15) is 119 Å². The first-order chi connectivity index (χ1) is 18.5. The van der Waals surface area contributed by atoms with Gasteiger partial charge in [-0.15, -0.1) is 0 Å². The highest BCUT2D eigenvalue weighted by Gasteiger charge is 2.73. The van der Waals surface area contributed by atoms with Gasteiger partial charge in [-0.2, -0.15) is 0 Å². The minimum atomic E-state index is -0.964. The van der Waals surface area contributed by atoms with E-state index in [9.17, 15) is 14.7 Å². The number of carboxylic acids is 1. The smallest absolute Gasteiger partial charge is 0.303 e. The van der Waals surface area contributed by atoms with Crippen LogP contribution in [0.5, 0.6) is 0 Å². The van der Waals surface area contributed by atoms with E-state index in [2.05, 4.69) is 53.8 Å². The van der Waals surface area contributed by atoms with Crippen molar-refractivity contribution in [1.82, 2.24) is 5.32 Å². The molecular formula is C34H55NO5. The van der Waals surface area contributed by atoms with Crippen molar-refractivity contribution < 1.29 is 24.5 Å². The van der Waals surface area contributed by atoms with Gasteiger partial charge in [0.2, 0.25) is 5.91 Å². The van der Waals surface area contributed by atoms with E-state index in [0.29, 0.717) is 35.2 Å². The van der Waals surface area contributed by atoms with Gasteiger partial charge in [0.1, 0.15) is 0 Å². The minimum absolute atomic E-state index is 0.00487. The number of hydrogen-bond acceptors (Lipinski definition) is 4. The van der Waals surface area contributed by atoms with E-state index >= 15 is 0 Å². The molecule has 0 spiro atoms. The third kappa shape index (κ3) is 3.72. The van der Waals surface area contributed by atoms with Crippen molar-refractivity contribution in [2.24, 2.45) is 56.2 Å². The van der Waals surface area contributed by atoms with Gasteiger partial charge in [0.15, 0.2) is 0 Å². The fraction of sp³-hybridized carbons (Fsp3) is 0.941. The number of aliphatic carboxylic acids is 1. The Morgan fingerprint density at radius 3 is 2.25 bits per heavy atom. The molecule has 6 rings (SSSR count). The number of aliphatic hydroxyl groups is 1. The van der Waals surface area contributed by atoms with Crippen LogP contribution in [0.2, 0.25) is 0 Å². The monoisotopic (exact) mass is 557 g/mol. The van der Waals surface area contributed by atoms with E-state index in [1.165, 1.54) is 44.9 Å². The predicted molar refractivity (Wildman–Crippen MR) is 154 cm³/mol. The zero-order chi connectivity index (χ0) is 29.1. The average molecular weight is 558 g/mol. The fourth-order valence-corrected chi connectivity index (χ4v) is 12.8. The van der Waals surface area contributed by atoms with Crippen LogP contribution >= 0.6 is 0 Å². The van der Waals surface area contributed by atoms with Crippen LogP contribution < -0.4 is 5.32 Å². The Balaban J connectivity index is 1.32. The predicted octanol–water partition coefficient (Wildman–Crippen LogP) is 6.20. The van der Waals surface area contributed by atoms with Gasteiger partial charge in [0.25, 0.3) is 0 Å². The highest BCUT2D eigenvalue weighted by atomic mass is 16.5. The maximum Gasteiger partial charge on any atom is 0.303 e. The molecule has 0 aromatic rings. The molecule has 3 N–H and O–H groups in total. The number of fused-ring (bicyclic) bond motifs is 5.